The number of morpholine rings is 2. The first-order valence-corrected chi connectivity index (χ1v) is 30.4. The van der Waals surface area contributed by atoms with Crippen molar-refractivity contribution in [1.82, 2.24) is 50.2 Å². The topological polar surface area (TPSA) is 184 Å². The van der Waals surface area contributed by atoms with Gasteiger partial charge in [-0.2, -0.15) is 0 Å². The number of aromatic amines is 2. The number of ether oxygens (including phenoxy) is 4. The third-order valence-electron chi connectivity index (χ3n) is 19.1. The SMILES string of the molecule is C.CC1(C)OB(c2ccc(OCCN3CCOCC3)cc2)OC1(C)C.CN1CC2(CNC(=O)c3c2[nH]c2c3CCc3cnc(-c4ccc(OCCN5CCOCC5)cc4)cc3-2)C1.CN1CC2(CNC(=O)c3c2[nH]c2c3CCc3cnc(Cl)cc3-2)C1. The van der Waals surface area contributed by atoms with Gasteiger partial charge in [-0.25, -0.2) is 4.98 Å². The molecule has 4 N–H and O–H groups in total. The van der Waals surface area contributed by atoms with Crippen LogP contribution in [0.3, 0.4) is 0 Å². The molecular weight excluding hydrogens is 1100 g/mol. The number of H-pyrrole nitrogens is 2. The van der Waals surface area contributed by atoms with Crippen LogP contribution in [0.25, 0.3) is 33.8 Å². The van der Waals surface area contributed by atoms with Crippen molar-refractivity contribution in [1.29, 1.82) is 0 Å². The smallest absolute Gasteiger partial charge is 0.492 e. The number of carbonyl (C=O) groups excluding carboxylic acids is 2. The van der Waals surface area contributed by atoms with E-state index in [1.165, 1.54) is 16.7 Å². The molecule has 20 heteroatoms. The van der Waals surface area contributed by atoms with Gasteiger partial charge in [-0.3, -0.25) is 24.4 Å². The highest BCUT2D eigenvalue weighted by Gasteiger charge is 2.53. The Morgan fingerprint density at radius 1 is 0.612 bits per heavy atom. The summed E-state index contributed by atoms with van der Waals surface area (Å²) in [7, 11) is 3.93. The number of amides is 2. The molecule has 5 saturated heterocycles. The maximum Gasteiger partial charge on any atom is 0.494 e. The van der Waals surface area contributed by atoms with E-state index < -0.39 is 0 Å². The number of aryl methyl sites for hydroxylation is 2. The summed E-state index contributed by atoms with van der Waals surface area (Å²) in [6.07, 6.45) is 7.40. The average Bonchev–Trinajstić information content (AvgIpc) is 1.66. The summed E-state index contributed by atoms with van der Waals surface area (Å²) in [5.74, 6) is 1.87. The lowest BCUT2D eigenvalue weighted by Gasteiger charge is -2.50. The molecule has 0 atom stereocenters. The Bertz CT molecular complexity index is 3400. The van der Waals surface area contributed by atoms with Gasteiger partial charge in [0.05, 0.1) is 76.7 Å². The molecule has 11 heterocycles. The minimum absolute atomic E-state index is 0. The molecule has 0 saturated carbocycles. The van der Waals surface area contributed by atoms with Gasteiger partial charge >= 0.3 is 7.12 Å². The van der Waals surface area contributed by atoms with Crippen molar-refractivity contribution in [2.24, 2.45) is 0 Å². The standard InChI is InChI=1S/C29H33N5O3.C18H28BNO4.C17H17ClN4O.CH4/c1-33-17-29(18-33)16-31-28(35)25-22-7-4-20-15-30-24(14-23(20)26(22)32-27(25)29)19-2-5-21(6-3-19)37-13-10-34-8-11-36-12-9-34;1-17(2)18(3,4)24-19(23-17)15-5-7-16(8-6-15)22-14-11-20-9-12-21-13-10-20;1-22-7-17(8-22)6-20-16(23)13-10-3-2-9-5-19-12(18)4-11(9)14(10)21-15(13)17;/h2-3,5-6,14-15,32H,4,7-13,16-18H2,1H3,(H,31,35);5-8H,9-14H2,1-4H3;4-5,21H,2-3,6-8H2,1H3,(H,20,23);1H4. The number of nitrogens with zero attached hydrogens (tertiary/aromatic N) is 6. The Labute approximate surface area is 505 Å². The van der Waals surface area contributed by atoms with E-state index in [-0.39, 0.29) is 48.4 Å². The number of likely N-dealkylation sites (N-methyl/N-ethyl adjacent to an activating group) is 2. The van der Waals surface area contributed by atoms with Gasteiger partial charge in [0.2, 0.25) is 0 Å². The third kappa shape index (κ3) is 11.6. The number of aromatic nitrogens is 4. The van der Waals surface area contributed by atoms with Crippen molar-refractivity contribution in [3.63, 3.8) is 0 Å². The lowest BCUT2D eigenvalue weighted by molar-refractivity contribution is 0.00578. The fourth-order valence-corrected chi connectivity index (χ4v) is 14.0. The Hall–Kier alpha value is -6.13. The fraction of sp³-hybridized carbons (Fsp3) is 0.508. The second-order valence-corrected chi connectivity index (χ2v) is 25.8. The predicted octanol–water partition coefficient (Wildman–Crippen LogP) is 6.57. The second kappa shape index (κ2) is 23.9. The highest BCUT2D eigenvalue weighted by atomic mass is 35.5. The first kappa shape index (κ1) is 59.2. The third-order valence-corrected chi connectivity index (χ3v) is 19.3. The molecular formula is C65H82BClN10O8. The van der Waals surface area contributed by atoms with E-state index in [2.05, 4.69) is 105 Å². The van der Waals surface area contributed by atoms with E-state index >= 15 is 0 Å². The Morgan fingerprint density at radius 2 is 1.06 bits per heavy atom. The summed E-state index contributed by atoms with van der Waals surface area (Å²) in [5.41, 5.74) is 15.6. The van der Waals surface area contributed by atoms with Crippen molar-refractivity contribution in [2.75, 3.05) is 132 Å². The molecule has 7 aliphatic heterocycles. The van der Waals surface area contributed by atoms with Crippen LogP contribution in [-0.4, -0.2) is 202 Å². The maximum atomic E-state index is 12.9. The number of benzene rings is 2. The number of carbonyl (C=O) groups is 2. The lowest BCUT2D eigenvalue weighted by atomic mass is 9.73. The van der Waals surface area contributed by atoms with Crippen LogP contribution >= 0.6 is 11.6 Å². The highest BCUT2D eigenvalue weighted by molar-refractivity contribution is 6.62. The molecule has 18 nitrogen and oxygen atoms in total. The van der Waals surface area contributed by atoms with Crippen LogP contribution in [0.4, 0.5) is 0 Å². The van der Waals surface area contributed by atoms with Gasteiger partial charge in [0.25, 0.3) is 11.8 Å². The van der Waals surface area contributed by atoms with Crippen LogP contribution in [0.1, 0.15) is 89.5 Å². The largest absolute Gasteiger partial charge is 0.494 e. The van der Waals surface area contributed by atoms with E-state index in [0.717, 1.165) is 196 Å². The van der Waals surface area contributed by atoms with Gasteiger partial charge in [-0.1, -0.05) is 31.2 Å². The van der Waals surface area contributed by atoms with E-state index in [1.807, 2.05) is 54.9 Å². The molecule has 0 radical (unpaired) electrons. The van der Waals surface area contributed by atoms with E-state index in [9.17, 15) is 9.59 Å². The minimum atomic E-state index is -0.322. The molecule has 5 fully saturated rings. The summed E-state index contributed by atoms with van der Waals surface area (Å²) < 4.78 is 34.7. The zero-order valence-corrected chi connectivity index (χ0v) is 50.1. The van der Waals surface area contributed by atoms with Crippen LogP contribution in [0.2, 0.25) is 5.15 Å². The molecule has 2 amide bonds. The molecule has 6 aromatic rings. The van der Waals surface area contributed by atoms with Crippen LogP contribution in [-0.2, 0) is 55.3 Å². The first-order chi connectivity index (χ1) is 40.5. The summed E-state index contributed by atoms with van der Waals surface area (Å²) in [4.78, 5) is 51.1. The second-order valence-electron chi connectivity index (χ2n) is 25.4. The van der Waals surface area contributed by atoms with Gasteiger partial charge in [0, 0.05) is 119 Å². The van der Waals surface area contributed by atoms with Gasteiger partial charge in [-0.15, -0.1) is 0 Å². The van der Waals surface area contributed by atoms with Crippen molar-refractivity contribution in [3.8, 4) is 45.3 Å². The van der Waals surface area contributed by atoms with Crippen molar-refractivity contribution < 1.29 is 37.8 Å². The molecule has 0 bridgehead atoms. The van der Waals surface area contributed by atoms with Gasteiger partial charge in [0.1, 0.15) is 29.9 Å². The maximum absolute atomic E-state index is 12.9. The molecule has 4 aromatic heterocycles. The lowest BCUT2D eigenvalue weighted by Crippen LogP contribution is -2.65. The minimum Gasteiger partial charge on any atom is -0.492 e. The van der Waals surface area contributed by atoms with Crippen LogP contribution < -0.4 is 25.6 Å². The number of hydrogen-bond donors (Lipinski definition) is 4. The van der Waals surface area contributed by atoms with Gasteiger partial charge in [-0.05, 0) is 144 Å². The van der Waals surface area contributed by atoms with Crippen molar-refractivity contribution in [2.45, 2.75) is 82.8 Å². The van der Waals surface area contributed by atoms with E-state index in [0.29, 0.717) is 31.5 Å². The number of nitrogens with one attached hydrogen (secondary N) is 4. The predicted molar refractivity (Wildman–Crippen MR) is 331 cm³/mol. The molecule has 85 heavy (non-hydrogen) atoms. The molecule has 15 rings (SSSR count). The first-order valence-electron chi connectivity index (χ1n) is 30.0. The quantitative estimate of drug-likeness (QED) is 0.0854. The van der Waals surface area contributed by atoms with E-state index in [4.69, 9.17) is 44.8 Å². The molecule has 9 aliphatic rings. The van der Waals surface area contributed by atoms with Crippen molar-refractivity contribution in [3.05, 3.63) is 123 Å². The molecule has 2 aromatic carbocycles. The number of hydrogen-bond acceptors (Lipinski definition) is 14. The average molecular weight is 1180 g/mol. The number of fused-ring (bicyclic) bond motifs is 12. The van der Waals surface area contributed by atoms with Crippen LogP contribution in [0.15, 0.2) is 73.1 Å². The Balaban J connectivity index is 0.000000130. The normalized spacial score (nSPS) is 21.3. The fourth-order valence-electron chi connectivity index (χ4n) is 13.8. The zero-order chi connectivity index (χ0) is 58.0. The molecule has 2 spiro atoms. The number of rotatable bonds is 10. The summed E-state index contributed by atoms with van der Waals surface area (Å²) in [5, 5.41) is 6.76. The summed E-state index contributed by atoms with van der Waals surface area (Å²) in [6, 6.07) is 20.3. The number of likely N-dealkylation sites (tertiary alicyclic amines) is 2. The molecule has 450 valence electrons. The number of pyridine rings is 2. The highest BCUT2D eigenvalue weighted by Crippen LogP contribution is 2.47. The van der Waals surface area contributed by atoms with Gasteiger partial charge < -0.3 is 58.7 Å². The molecule has 0 unspecified atom stereocenters. The summed E-state index contributed by atoms with van der Waals surface area (Å²) >= 11 is 6.10. The van der Waals surface area contributed by atoms with E-state index in [1.54, 1.807) is 0 Å². The Morgan fingerprint density at radius 3 is 1.53 bits per heavy atom. The van der Waals surface area contributed by atoms with Crippen LogP contribution in [0, 0.1) is 0 Å². The zero-order valence-electron chi connectivity index (χ0n) is 49.4. The van der Waals surface area contributed by atoms with Gasteiger partial charge in [0.15, 0.2) is 0 Å². The van der Waals surface area contributed by atoms with Crippen molar-refractivity contribution >= 4 is 36.0 Å². The monoisotopic (exact) mass is 1180 g/mol. The van der Waals surface area contributed by atoms with Crippen LogP contribution in [0.5, 0.6) is 11.5 Å². The number of halogens is 1. The summed E-state index contributed by atoms with van der Waals surface area (Å²) in [6.45, 7) is 24.0. The Kier molecular flexibility index (Phi) is 16.6. The molecule has 2 aliphatic carbocycles.